The summed E-state index contributed by atoms with van der Waals surface area (Å²) in [6.45, 7) is 4.33. The minimum absolute atomic E-state index is 0.00502. The van der Waals surface area contributed by atoms with Gasteiger partial charge in [-0.25, -0.2) is 8.42 Å². The molecule has 0 unspecified atom stereocenters. The highest BCUT2D eigenvalue weighted by Gasteiger charge is 2.36. The molecule has 6 heteroatoms. The van der Waals surface area contributed by atoms with Gasteiger partial charge in [-0.05, 0) is 37.0 Å². The van der Waals surface area contributed by atoms with Crippen molar-refractivity contribution < 1.29 is 17.6 Å². The normalized spacial score (nSPS) is 18.2. The molecule has 0 spiro atoms. The molecule has 0 saturated carbocycles. The standard InChI is InChI=1S/C23H25NO4S/c1-3-17-8-10-18(11-9-17)14-24(19-12-13-29(26,27)15-19)23(25)22-16(2)20-6-4-5-7-21(20)28-22/h4-11,19H,3,12-15H2,1-2H3/t19-/m1/s1. The third kappa shape index (κ3) is 3.94. The summed E-state index contributed by atoms with van der Waals surface area (Å²) in [5, 5.41) is 0.905. The number of aryl methyl sites for hydroxylation is 2. The second-order valence-electron chi connectivity index (χ2n) is 7.71. The molecule has 1 aliphatic heterocycles. The molecule has 2 heterocycles. The van der Waals surface area contributed by atoms with E-state index in [2.05, 4.69) is 19.1 Å². The highest BCUT2D eigenvalue weighted by Crippen LogP contribution is 2.29. The van der Waals surface area contributed by atoms with Crippen LogP contribution in [-0.4, -0.2) is 36.8 Å². The fourth-order valence-corrected chi connectivity index (χ4v) is 5.70. The lowest BCUT2D eigenvalue weighted by atomic mass is 10.1. The number of carbonyl (C=O) groups excluding carboxylic acids is 1. The zero-order chi connectivity index (χ0) is 20.6. The Morgan fingerprint density at radius 1 is 1.10 bits per heavy atom. The van der Waals surface area contributed by atoms with E-state index in [1.165, 1.54) is 5.56 Å². The average molecular weight is 412 g/mol. The Bertz CT molecular complexity index is 1150. The maximum Gasteiger partial charge on any atom is 0.290 e. The molecule has 2 aromatic carbocycles. The number of fused-ring (bicyclic) bond motifs is 1. The molecule has 5 nitrogen and oxygen atoms in total. The Hall–Kier alpha value is -2.60. The molecule has 3 aromatic rings. The highest BCUT2D eigenvalue weighted by molar-refractivity contribution is 7.91. The predicted molar refractivity (Wildman–Crippen MR) is 114 cm³/mol. The first-order valence-electron chi connectivity index (χ1n) is 9.95. The summed E-state index contributed by atoms with van der Waals surface area (Å²) < 4.78 is 30.1. The molecule has 1 atom stereocenters. The zero-order valence-corrected chi connectivity index (χ0v) is 17.5. The fourth-order valence-electron chi connectivity index (χ4n) is 3.97. The summed E-state index contributed by atoms with van der Waals surface area (Å²) in [6, 6.07) is 15.3. The molecule has 0 bridgehead atoms. The summed E-state index contributed by atoms with van der Waals surface area (Å²) in [5.74, 6) is 0.168. The molecule has 1 fully saturated rings. The molecule has 0 aliphatic carbocycles. The molecule has 1 aromatic heterocycles. The van der Waals surface area contributed by atoms with E-state index in [0.717, 1.165) is 22.9 Å². The first-order valence-corrected chi connectivity index (χ1v) is 11.8. The van der Waals surface area contributed by atoms with Crippen LogP contribution in [0.25, 0.3) is 11.0 Å². The van der Waals surface area contributed by atoms with Crippen molar-refractivity contribution in [3.63, 3.8) is 0 Å². The van der Waals surface area contributed by atoms with Gasteiger partial charge in [0.25, 0.3) is 5.91 Å². The number of hydrogen-bond acceptors (Lipinski definition) is 4. The molecule has 1 amide bonds. The summed E-state index contributed by atoms with van der Waals surface area (Å²) in [4.78, 5) is 15.2. The van der Waals surface area contributed by atoms with Crippen molar-refractivity contribution in [2.24, 2.45) is 0 Å². The van der Waals surface area contributed by atoms with Crippen LogP contribution in [0.15, 0.2) is 52.9 Å². The van der Waals surface area contributed by atoms with E-state index in [4.69, 9.17) is 4.42 Å². The van der Waals surface area contributed by atoms with Crippen molar-refractivity contribution in [2.75, 3.05) is 11.5 Å². The first kappa shape index (κ1) is 19.7. The Balaban J connectivity index is 1.70. The highest BCUT2D eigenvalue weighted by atomic mass is 32.2. The summed E-state index contributed by atoms with van der Waals surface area (Å²) >= 11 is 0. The van der Waals surface area contributed by atoms with Crippen molar-refractivity contribution >= 4 is 26.7 Å². The van der Waals surface area contributed by atoms with Gasteiger partial charge in [0.1, 0.15) is 5.58 Å². The number of sulfone groups is 1. The Morgan fingerprint density at radius 3 is 2.41 bits per heavy atom. The molecule has 152 valence electrons. The number of hydrogen-bond donors (Lipinski definition) is 0. The van der Waals surface area contributed by atoms with Crippen LogP contribution in [0.4, 0.5) is 0 Å². The second kappa shape index (κ2) is 7.67. The third-order valence-electron chi connectivity index (χ3n) is 5.73. The Morgan fingerprint density at radius 2 is 1.79 bits per heavy atom. The van der Waals surface area contributed by atoms with Crippen molar-refractivity contribution in [3.05, 3.63) is 71.0 Å². The van der Waals surface area contributed by atoms with Gasteiger partial charge in [-0.15, -0.1) is 0 Å². The average Bonchev–Trinajstić information content (AvgIpc) is 3.25. The number of amides is 1. The topological polar surface area (TPSA) is 67.6 Å². The molecular weight excluding hydrogens is 386 g/mol. The van der Waals surface area contributed by atoms with Crippen LogP contribution >= 0.6 is 0 Å². The third-order valence-corrected chi connectivity index (χ3v) is 7.48. The first-order chi connectivity index (χ1) is 13.9. The van der Waals surface area contributed by atoms with Crippen LogP contribution in [0.1, 0.15) is 40.6 Å². The number of para-hydroxylation sites is 1. The molecule has 29 heavy (non-hydrogen) atoms. The van der Waals surface area contributed by atoms with Gasteiger partial charge in [-0.1, -0.05) is 49.4 Å². The Labute approximate surface area is 171 Å². The van der Waals surface area contributed by atoms with Crippen LogP contribution < -0.4 is 0 Å². The molecule has 1 saturated heterocycles. The fraction of sp³-hybridized carbons (Fsp3) is 0.348. The van der Waals surface area contributed by atoms with Gasteiger partial charge in [-0.2, -0.15) is 0 Å². The Kier molecular flexibility index (Phi) is 5.21. The largest absolute Gasteiger partial charge is 0.451 e. The minimum atomic E-state index is -3.12. The summed E-state index contributed by atoms with van der Waals surface area (Å²) in [7, 11) is -3.12. The minimum Gasteiger partial charge on any atom is -0.451 e. The second-order valence-corrected chi connectivity index (χ2v) is 9.94. The van der Waals surface area contributed by atoms with Gasteiger partial charge < -0.3 is 9.32 Å². The number of rotatable bonds is 5. The van der Waals surface area contributed by atoms with Crippen LogP contribution in [0.5, 0.6) is 0 Å². The lowest BCUT2D eigenvalue weighted by molar-refractivity contribution is 0.0649. The zero-order valence-electron chi connectivity index (χ0n) is 16.7. The number of nitrogens with zero attached hydrogens (tertiary/aromatic N) is 1. The van der Waals surface area contributed by atoms with Gasteiger partial charge in [0.05, 0.1) is 11.5 Å². The number of carbonyl (C=O) groups is 1. The van der Waals surface area contributed by atoms with E-state index < -0.39 is 9.84 Å². The lowest BCUT2D eigenvalue weighted by Crippen LogP contribution is -2.40. The van der Waals surface area contributed by atoms with E-state index >= 15 is 0 Å². The van der Waals surface area contributed by atoms with E-state index in [1.807, 2.05) is 43.3 Å². The summed E-state index contributed by atoms with van der Waals surface area (Å²) in [5.41, 5.74) is 3.66. The predicted octanol–water partition coefficient (Wildman–Crippen LogP) is 4.13. The van der Waals surface area contributed by atoms with Gasteiger partial charge in [0.15, 0.2) is 15.6 Å². The molecule has 0 N–H and O–H groups in total. The van der Waals surface area contributed by atoms with Gasteiger partial charge in [-0.3, -0.25) is 4.79 Å². The molecule has 1 aliphatic rings. The van der Waals surface area contributed by atoms with Crippen LogP contribution in [0.3, 0.4) is 0 Å². The molecular formula is C23H25NO4S. The van der Waals surface area contributed by atoms with Gasteiger partial charge in [0.2, 0.25) is 0 Å². The SMILES string of the molecule is CCc1ccc(CN(C(=O)c2oc3ccccc3c2C)[C@@H]2CCS(=O)(=O)C2)cc1. The number of furan rings is 1. The smallest absolute Gasteiger partial charge is 0.290 e. The molecule has 0 radical (unpaired) electrons. The van der Waals surface area contributed by atoms with Crippen molar-refractivity contribution in [1.29, 1.82) is 0 Å². The monoisotopic (exact) mass is 411 g/mol. The van der Waals surface area contributed by atoms with Gasteiger partial charge >= 0.3 is 0 Å². The van der Waals surface area contributed by atoms with Crippen LogP contribution in [0, 0.1) is 6.92 Å². The quantitative estimate of drug-likeness (QED) is 0.633. The lowest BCUT2D eigenvalue weighted by Gasteiger charge is -2.28. The van der Waals surface area contributed by atoms with Crippen molar-refractivity contribution in [1.82, 2.24) is 4.90 Å². The van der Waals surface area contributed by atoms with Crippen molar-refractivity contribution in [3.8, 4) is 0 Å². The van der Waals surface area contributed by atoms with E-state index in [0.29, 0.717) is 24.3 Å². The van der Waals surface area contributed by atoms with Gasteiger partial charge in [0, 0.05) is 23.5 Å². The van der Waals surface area contributed by atoms with Crippen molar-refractivity contribution in [2.45, 2.75) is 39.3 Å². The number of benzene rings is 2. The van der Waals surface area contributed by atoms with E-state index in [9.17, 15) is 13.2 Å². The van der Waals surface area contributed by atoms with Crippen LogP contribution in [0.2, 0.25) is 0 Å². The van der Waals surface area contributed by atoms with E-state index in [1.54, 1.807) is 4.90 Å². The van der Waals surface area contributed by atoms with E-state index in [-0.39, 0.29) is 23.5 Å². The maximum atomic E-state index is 13.5. The maximum absolute atomic E-state index is 13.5. The van der Waals surface area contributed by atoms with Crippen LogP contribution in [-0.2, 0) is 22.8 Å². The summed E-state index contributed by atoms with van der Waals surface area (Å²) in [6.07, 6.45) is 1.41. The molecule has 4 rings (SSSR count).